The summed E-state index contributed by atoms with van der Waals surface area (Å²) in [4.78, 5) is 0. The Balaban J connectivity index is 2.23. The third kappa shape index (κ3) is 5.72. The van der Waals surface area contributed by atoms with Crippen molar-refractivity contribution in [2.24, 2.45) is 0 Å². The summed E-state index contributed by atoms with van der Waals surface area (Å²) in [7, 11) is 0. The molecule has 0 saturated carbocycles. The molecule has 1 aromatic heterocycles. The molecule has 0 amide bonds. The van der Waals surface area contributed by atoms with Gasteiger partial charge in [-0.15, -0.1) is 10.2 Å². The zero-order valence-corrected chi connectivity index (χ0v) is 10.7. The highest BCUT2D eigenvalue weighted by molar-refractivity contribution is 8.03. The molecular weight excluding hydrogens is 252 g/mol. The van der Waals surface area contributed by atoms with Crippen LogP contribution in [0.4, 0.5) is 0 Å². The van der Waals surface area contributed by atoms with Crippen molar-refractivity contribution in [3.05, 3.63) is 0 Å². The summed E-state index contributed by atoms with van der Waals surface area (Å²) >= 11 is 4.83. The first kappa shape index (κ1) is 13.2. The van der Waals surface area contributed by atoms with E-state index in [9.17, 15) is 0 Å². The Kier molecular flexibility index (Phi) is 7.37. The van der Waals surface area contributed by atoms with Crippen molar-refractivity contribution in [1.82, 2.24) is 10.2 Å². The number of hydrogen-bond acceptors (Lipinski definition) is 7. The zero-order valence-electron chi connectivity index (χ0n) is 8.26. The summed E-state index contributed by atoms with van der Waals surface area (Å²) in [5, 5.41) is 25.3. The van der Waals surface area contributed by atoms with Gasteiger partial charge in [-0.2, -0.15) is 0 Å². The van der Waals surface area contributed by atoms with Crippen molar-refractivity contribution in [2.45, 2.75) is 21.5 Å². The van der Waals surface area contributed by atoms with E-state index in [1.54, 1.807) is 34.9 Å². The summed E-state index contributed by atoms with van der Waals surface area (Å²) in [5.74, 6) is 1.76. The summed E-state index contributed by atoms with van der Waals surface area (Å²) in [6.07, 6.45) is 1.58. The van der Waals surface area contributed by atoms with E-state index in [1.165, 1.54) is 0 Å². The van der Waals surface area contributed by atoms with E-state index < -0.39 is 0 Å². The molecule has 7 heteroatoms. The zero-order chi connectivity index (χ0) is 10.9. The molecule has 0 aliphatic rings. The minimum absolute atomic E-state index is 0.226. The maximum Gasteiger partial charge on any atom is 0.175 e. The molecule has 0 bridgehead atoms. The number of rotatable bonds is 8. The number of nitrogens with zero attached hydrogens (tertiary/aromatic N) is 2. The molecule has 1 rings (SSSR count). The summed E-state index contributed by atoms with van der Waals surface area (Å²) in [5.41, 5.74) is 0. The first-order chi connectivity index (χ1) is 7.36. The van der Waals surface area contributed by atoms with Gasteiger partial charge in [0.05, 0.1) is 0 Å². The average Bonchev–Trinajstić information content (AvgIpc) is 2.67. The molecule has 86 valence electrons. The fraction of sp³-hybridized carbons (Fsp3) is 0.750. The van der Waals surface area contributed by atoms with Crippen LogP contribution in [0.5, 0.6) is 0 Å². The highest BCUT2D eigenvalue weighted by Gasteiger charge is 2.04. The Morgan fingerprint density at radius 3 is 1.80 bits per heavy atom. The maximum absolute atomic E-state index is 8.62. The quantitative estimate of drug-likeness (QED) is 0.549. The first-order valence-electron chi connectivity index (χ1n) is 4.67. The van der Waals surface area contributed by atoms with Crippen molar-refractivity contribution < 1.29 is 10.2 Å². The molecule has 0 radical (unpaired) electrons. The molecule has 1 aromatic rings. The van der Waals surface area contributed by atoms with E-state index in [4.69, 9.17) is 10.2 Å². The van der Waals surface area contributed by atoms with Crippen LogP contribution in [0.15, 0.2) is 8.68 Å². The van der Waals surface area contributed by atoms with Gasteiger partial charge in [0, 0.05) is 24.7 Å². The lowest BCUT2D eigenvalue weighted by Crippen LogP contribution is -1.85. The van der Waals surface area contributed by atoms with E-state index >= 15 is 0 Å². The maximum atomic E-state index is 8.62. The van der Waals surface area contributed by atoms with Gasteiger partial charge >= 0.3 is 0 Å². The van der Waals surface area contributed by atoms with Gasteiger partial charge in [-0.1, -0.05) is 34.9 Å². The lowest BCUT2D eigenvalue weighted by Gasteiger charge is -1.93. The number of hydrogen-bond donors (Lipinski definition) is 2. The molecule has 1 heterocycles. The second-order valence-electron chi connectivity index (χ2n) is 2.69. The van der Waals surface area contributed by atoms with E-state index in [0.29, 0.717) is 0 Å². The minimum Gasteiger partial charge on any atom is -0.396 e. The van der Waals surface area contributed by atoms with Crippen LogP contribution in [0.2, 0.25) is 0 Å². The van der Waals surface area contributed by atoms with Crippen molar-refractivity contribution in [3.63, 3.8) is 0 Å². The van der Waals surface area contributed by atoms with Crippen LogP contribution in [0, 0.1) is 0 Å². The van der Waals surface area contributed by atoms with Gasteiger partial charge in [0.25, 0.3) is 0 Å². The van der Waals surface area contributed by atoms with Crippen molar-refractivity contribution in [3.8, 4) is 0 Å². The molecule has 2 N–H and O–H groups in total. The van der Waals surface area contributed by atoms with Crippen LogP contribution in [0.25, 0.3) is 0 Å². The largest absolute Gasteiger partial charge is 0.396 e. The van der Waals surface area contributed by atoms with E-state index in [-0.39, 0.29) is 13.2 Å². The third-order valence-electron chi connectivity index (χ3n) is 1.44. The van der Waals surface area contributed by atoms with Crippen LogP contribution in [0.1, 0.15) is 12.8 Å². The fourth-order valence-corrected chi connectivity index (χ4v) is 3.77. The SMILES string of the molecule is OCCCSc1nnc(SCCCO)s1. The second-order valence-corrected chi connectivity index (χ2v) is 6.35. The van der Waals surface area contributed by atoms with Gasteiger partial charge < -0.3 is 10.2 Å². The number of aliphatic hydroxyl groups is 2. The number of aromatic nitrogens is 2. The van der Waals surface area contributed by atoms with Crippen LogP contribution >= 0.6 is 34.9 Å². The molecule has 0 fully saturated rings. The fourth-order valence-electron chi connectivity index (χ4n) is 0.762. The monoisotopic (exact) mass is 266 g/mol. The summed E-state index contributed by atoms with van der Waals surface area (Å²) < 4.78 is 1.91. The standard InChI is InChI=1S/C8H14N2O2S3/c11-3-1-5-13-7-9-10-8(15-7)14-6-2-4-12/h11-12H,1-6H2. The topological polar surface area (TPSA) is 66.2 Å². The second kappa shape index (κ2) is 8.35. The Morgan fingerprint density at radius 1 is 0.933 bits per heavy atom. The molecule has 0 atom stereocenters. The molecule has 0 unspecified atom stereocenters. The third-order valence-corrected chi connectivity index (χ3v) is 4.81. The molecule has 0 aromatic carbocycles. The smallest absolute Gasteiger partial charge is 0.175 e. The van der Waals surface area contributed by atoms with E-state index in [0.717, 1.165) is 33.0 Å². The minimum atomic E-state index is 0.226. The molecule has 15 heavy (non-hydrogen) atoms. The Hall–Kier alpha value is 0.180. The van der Waals surface area contributed by atoms with E-state index in [1.807, 2.05) is 0 Å². The molecular formula is C8H14N2O2S3. The summed E-state index contributed by atoms with van der Waals surface area (Å²) in [6, 6.07) is 0. The molecule has 0 aliphatic heterocycles. The average molecular weight is 266 g/mol. The van der Waals surface area contributed by atoms with Crippen LogP contribution < -0.4 is 0 Å². The van der Waals surface area contributed by atoms with Gasteiger partial charge in [-0.3, -0.25) is 0 Å². The van der Waals surface area contributed by atoms with Crippen LogP contribution in [0.3, 0.4) is 0 Å². The predicted octanol–water partition coefficient (Wildman–Crippen LogP) is 1.49. The highest BCUT2D eigenvalue weighted by Crippen LogP contribution is 2.29. The van der Waals surface area contributed by atoms with E-state index in [2.05, 4.69) is 10.2 Å². The van der Waals surface area contributed by atoms with Crippen molar-refractivity contribution >= 4 is 34.9 Å². The van der Waals surface area contributed by atoms with Crippen LogP contribution in [-0.4, -0.2) is 45.1 Å². The highest BCUT2D eigenvalue weighted by atomic mass is 32.2. The van der Waals surface area contributed by atoms with Crippen LogP contribution in [-0.2, 0) is 0 Å². The molecule has 0 saturated heterocycles. The normalized spacial score (nSPS) is 10.8. The van der Waals surface area contributed by atoms with Gasteiger partial charge in [0.1, 0.15) is 0 Å². The lowest BCUT2D eigenvalue weighted by molar-refractivity contribution is 0.296. The number of aliphatic hydroxyl groups excluding tert-OH is 2. The van der Waals surface area contributed by atoms with Crippen molar-refractivity contribution in [1.29, 1.82) is 0 Å². The Bertz CT molecular complexity index is 246. The van der Waals surface area contributed by atoms with Crippen molar-refractivity contribution in [2.75, 3.05) is 24.7 Å². The molecule has 0 spiro atoms. The Labute approximate surface area is 102 Å². The predicted molar refractivity (Wildman–Crippen MR) is 64.8 cm³/mol. The number of thioether (sulfide) groups is 2. The summed E-state index contributed by atoms with van der Waals surface area (Å²) in [6.45, 7) is 0.452. The molecule has 0 aliphatic carbocycles. The first-order valence-corrected chi connectivity index (χ1v) is 7.46. The van der Waals surface area contributed by atoms with Gasteiger partial charge in [0.2, 0.25) is 0 Å². The van der Waals surface area contributed by atoms with Gasteiger partial charge in [-0.25, -0.2) is 0 Å². The molecule has 4 nitrogen and oxygen atoms in total. The lowest BCUT2D eigenvalue weighted by atomic mass is 10.5. The van der Waals surface area contributed by atoms with Gasteiger partial charge in [0.15, 0.2) is 8.68 Å². The van der Waals surface area contributed by atoms with Gasteiger partial charge in [-0.05, 0) is 12.8 Å². The Morgan fingerprint density at radius 2 is 1.40 bits per heavy atom.